The SMILES string of the molecule is CC(NC(=O)c1cn(C2(C(F)F)CCC2)c(=O)cc1NC1[C@@H]2C[C@H]1CN(C)C2)c1cccc(C(F)F)c1F. The molecule has 6 nitrogen and oxygen atoms in total. The molecular weight excluding hydrogens is 507 g/mol. The molecule has 11 heteroatoms. The van der Waals surface area contributed by atoms with E-state index in [0.717, 1.165) is 30.1 Å². The Labute approximate surface area is 217 Å². The van der Waals surface area contributed by atoms with E-state index in [9.17, 15) is 31.5 Å². The van der Waals surface area contributed by atoms with Crippen LogP contribution < -0.4 is 16.2 Å². The van der Waals surface area contributed by atoms with E-state index in [4.69, 9.17) is 0 Å². The number of alkyl halides is 4. The van der Waals surface area contributed by atoms with E-state index in [2.05, 4.69) is 15.5 Å². The quantitative estimate of drug-likeness (QED) is 0.469. The minimum atomic E-state index is -3.02. The Morgan fingerprint density at radius 2 is 1.76 bits per heavy atom. The van der Waals surface area contributed by atoms with Crippen LogP contribution in [-0.2, 0) is 5.54 Å². The lowest BCUT2D eigenvalue weighted by Crippen LogP contribution is -2.60. The fourth-order valence-corrected chi connectivity index (χ4v) is 6.25. The smallest absolute Gasteiger partial charge is 0.266 e. The Morgan fingerprint density at radius 3 is 2.34 bits per heavy atom. The Morgan fingerprint density at radius 1 is 1.11 bits per heavy atom. The summed E-state index contributed by atoms with van der Waals surface area (Å²) < 4.78 is 70.3. The highest BCUT2D eigenvalue weighted by Crippen LogP contribution is 2.44. The maximum atomic E-state index is 14.7. The standard InChI is InChI=1S/C27H31F5N4O2/c1-14(17-5-3-6-18(22(17)28)24(29)30)33-25(38)19-13-36(27(26(31)32)7-4-8-27)21(37)10-20(19)34-23-15-9-16(23)12-35(2)11-15/h3,5-6,10,13-16,23-24,26,34H,4,7-9,11-12H2,1-2H3,(H,33,38)/t14?,15-,16+,23?. The Bertz CT molecular complexity index is 1270. The average molecular weight is 539 g/mol. The summed E-state index contributed by atoms with van der Waals surface area (Å²) in [5.74, 6) is -1.19. The number of nitrogens with one attached hydrogen (secondary N) is 2. The lowest BCUT2D eigenvalue weighted by Gasteiger charge is -2.53. The van der Waals surface area contributed by atoms with Crippen molar-refractivity contribution in [2.45, 2.75) is 63.1 Å². The number of pyridine rings is 1. The van der Waals surface area contributed by atoms with Crippen LogP contribution in [0.15, 0.2) is 35.3 Å². The number of fused-ring (bicyclic) bond motifs is 2. The minimum absolute atomic E-state index is 0.0212. The molecule has 1 saturated heterocycles. The third-order valence-corrected chi connectivity index (χ3v) is 8.55. The van der Waals surface area contributed by atoms with Gasteiger partial charge in [0.25, 0.3) is 24.3 Å². The van der Waals surface area contributed by atoms with E-state index >= 15 is 0 Å². The van der Waals surface area contributed by atoms with Crippen molar-refractivity contribution in [3.8, 4) is 0 Å². The van der Waals surface area contributed by atoms with E-state index in [1.807, 2.05) is 7.05 Å². The summed E-state index contributed by atoms with van der Waals surface area (Å²) in [6.07, 6.45) is -2.87. The van der Waals surface area contributed by atoms with Gasteiger partial charge < -0.3 is 20.1 Å². The molecule has 3 fully saturated rings. The van der Waals surface area contributed by atoms with E-state index in [-0.39, 0.29) is 35.7 Å². The maximum absolute atomic E-state index is 14.7. The zero-order chi connectivity index (χ0) is 27.4. The first kappa shape index (κ1) is 26.6. The number of aromatic nitrogens is 1. The van der Waals surface area contributed by atoms with Gasteiger partial charge in [0.1, 0.15) is 11.4 Å². The third kappa shape index (κ3) is 4.48. The zero-order valence-electron chi connectivity index (χ0n) is 21.2. The predicted octanol–water partition coefficient (Wildman–Crippen LogP) is 4.92. The minimum Gasteiger partial charge on any atom is -0.381 e. The highest BCUT2D eigenvalue weighted by Gasteiger charge is 2.49. The van der Waals surface area contributed by atoms with Crippen molar-refractivity contribution >= 4 is 11.6 Å². The Kier molecular flexibility index (Phi) is 7.00. The normalized spacial score (nSPS) is 25.0. The number of nitrogens with zero attached hydrogens (tertiary/aromatic N) is 2. The number of piperidine rings is 2. The monoisotopic (exact) mass is 538 g/mol. The van der Waals surface area contributed by atoms with Gasteiger partial charge in [-0.3, -0.25) is 9.59 Å². The van der Waals surface area contributed by atoms with Gasteiger partial charge in [-0.1, -0.05) is 18.2 Å². The molecule has 2 saturated carbocycles. The second-order valence-electron chi connectivity index (χ2n) is 11.0. The highest BCUT2D eigenvalue weighted by atomic mass is 19.3. The zero-order valence-corrected chi connectivity index (χ0v) is 21.2. The molecule has 2 N–H and O–H groups in total. The first-order valence-electron chi connectivity index (χ1n) is 12.9. The van der Waals surface area contributed by atoms with Crippen LogP contribution in [-0.4, -0.2) is 48.0 Å². The van der Waals surface area contributed by atoms with Crippen molar-refractivity contribution in [1.29, 1.82) is 0 Å². The van der Waals surface area contributed by atoms with Crippen LogP contribution in [0.2, 0.25) is 0 Å². The molecule has 0 radical (unpaired) electrons. The number of carbonyl (C=O) groups excluding carboxylic acids is 1. The molecule has 38 heavy (non-hydrogen) atoms. The van der Waals surface area contributed by atoms with E-state index in [1.54, 1.807) is 0 Å². The van der Waals surface area contributed by atoms with Gasteiger partial charge in [-0.25, -0.2) is 22.0 Å². The first-order chi connectivity index (χ1) is 18.0. The molecule has 2 aromatic rings. The fourth-order valence-electron chi connectivity index (χ4n) is 6.25. The molecule has 2 heterocycles. The number of amides is 1. The molecule has 1 amide bonds. The molecule has 2 bridgehead atoms. The van der Waals surface area contributed by atoms with Crippen LogP contribution in [0.5, 0.6) is 0 Å². The van der Waals surface area contributed by atoms with Crippen LogP contribution in [0.25, 0.3) is 0 Å². The molecule has 2 aliphatic carbocycles. The average Bonchev–Trinajstić information content (AvgIpc) is 2.82. The van der Waals surface area contributed by atoms with Crippen molar-refractivity contribution in [1.82, 2.24) is 14.8 Å². The van der Waals surface area contributed by atoms with Crippen molar-refractivity contribution in [3.63, 3.8) is 0 Å². The number of anilines is 1. The van der Waals surface area contributed by atoms with Crippen LogP contribution in [0, 0.1) is 17.7 Å². The summed E-state index contributed by atoms with van der Waals surface area (Å²) in [5, 5.41) is 5.94. The fraction of sp³-hybridized carbons (Fsp3) is 0.556. The Balaban J connectivity index is 1.48. The molecule has 0 spiro atoms. The van der Waals surface area contributed by atoms with E-state index in [1.165, 1.54) is 31.3 Å². The number of rotatable bonds is 8. The van der Waals surface area contributed by atoms with Crippen LogP contribution in [0.3, 0.4) is 0 Å². The number of halogens is 5. The summed E-state index contributed by atoms with van der Waals surface area (Å²) in [6.45, 7) is 3.17. The molecule has 206 valence electrons. The topological polar surface area (TPSA) is 66.4 Å². The lowest BCUT2D eigenvalue weighted by molar-refractivity contribution is -0.0504. The molecule has 2 unspecified atom stereocenters. The van der Waals surface area contributed by atoms with Gasteiger partial charge >= 0.3 is 0 Å². The van der Waals surface area contributed by atoms with Gasteiger partial charge in [0.15, 0.2) is 0 Å². The summed E-state index contributed by atoms with van der Waals surface area (Å²) >= 11 is 0. The number of likely N-dealkylation sites (tertiary alicyclic amines) is 1. The molecule has 4 atom stereocenters. The van der Waals surface area contributed by atoms with Crippen molar-refractivity contribution in [3.05, 3.63) is 63.3 Å². The van der Waals surface area contributed by atoms with Crippen molar-refractivity contribution in [2.75, 3.05) is 25.5 Å². The Hall–Kier alpha value is -2.95. The molecule has 1 aromatic heterocycles. The lowest BCUT2D eigenvalue weighted by atomic mass is 9.66. The number of hydrogen-bond donors (Lipinski definition) is 2. The maximum Gasteiger partial charge on any atom is 0.266 e. The largest absolute Gasteiger partial charge is 0.381 e. The van der Waals surface area contributed by atoms with Crippen molar-refractivity contribution in [2.24, 2.45) is 11.8 Å². The van der Waals surface area contributed by atoms with Crippen molar-refractivity contribution < 1.29 is 26.7 Å². The summed E-state index contributed by atoms with van der Waals surface area (Å²) in [6, 6.07) is 3.78. The summed E-state index contributed by atoms with van der Waals surface area (Å²) in [5.41, 5.74) is -3.00. The summed E-state index contributed by atoms with van der Waals surface area (Å²) in [7, 11) is 2.03. The molecule has 1 aromatic carbocycles. The molecule has 5 rings (SSSR count). The molecule has 3 aliphatic rings. The number of hydrogen-bond acceptors (Lipinski definition) is 4. The number of carbonyl (C=O) groups is 1. The van der Waals surface area contributed by atoms with E-state index < -0.39 is 47.3 Å². The van der Waals surface area contributed by atoms with Gasteiger partial charge in [0, 0.05) is 37.0 Å². The van der Waals surface area contributed by atoms with Gasteiger partial charge in [-0.05, 0) is 51.5 Å². The van der Waals surface area contributed by atoms with Gasteiger partial charge in [0.05, 0.1) is 22.9 Å². The highest BCUT2D eigenvalue weighted by molar-refractivity contribution is 5.99. The van der Waals surface area contributed by atoms with Crippen LogP contribution >= 0.6 is 0 Å². The van der Waals surface area contributed by atoms with E-state index in [0.29, 0.717) is 18.3 Å². The van der Waals surface area contributed by atoms with Gasteiger partial charge in [-0.2, -0.15) is 0 Å². The van der Waals surface area contributed by atoms with Crippen LogP contribution in [0.4, 0.5) is 27.6 Å². The third-order valence-electron chi connectivity index (χ3n) is 8.55. The second kappa shape index (κ2) is 9.98. The molecular formula is C27H31F5N4O2. The van der Waals surface area contributed by atoms with Crippen LogP contribution in [0.1, 0.15) is 66.6 Å². The summed E-state index contributed by atoms with van der Waals surface area (Å²) in [4.78, 5) is 28.8. The molecule has 1 aliphatic heterocycles. The predicted molar refractivity (Wildman–Crippen MR) is 132 cm³/mol. The van der Waals surface area contributed by atoms with Gasteiger partial charge in [0.2, 0.25) is 0 Å². The second-order valence-corrected chi connectivity index (χ2v) is 11.0. The van der Waals surface area contributed by atoms with Gasteiger partial charge in [-0.15, -0.1) is 0 Å². The number of benzene rings is 1. The first-order valence-corrected chi connectivity index (χ1v) is 12.9.